The standard InChI is InChI=1S/C12H20N4O4/c1-8(2)16-7-9(5-14-16)15-12(19)13-6-10(20-3)4-11(17)18/h5,7-8,10H,4,6H2,1-3H3,(H,17,18)(H2,13,15,19). The topological polar surface area (TPSA) is 105 Å². The van der Waals surface area contributed by atoms with Gasteiger partial charge < -0.3 is 20.5 Å². The number of carboxylic acids is 1. The van der Waals surface area contributed by atoms with Gasteiger partial charge in [0.2, 0.25) is 0 Å². The molecule has 1 atom stereocenters. The summed E-state index contributed by atoms with van der Waals surface area (Å²) in [6.07, 6.45) is 2.54. The van der Waals surface area contributed by atoms with Gasteiger partial charge in [0, 0.05) is 25.9 Å². The minimum atomic E-state index is -0.975. The van der Waals surface area contributed by atoms with Crippen LogP contribution < -0.4 is 10.6 Å². The summed E-state index contributed by atoms with van der Waals surface area (Å²) in [6, 6.07) is -0.220. The quantitative estimate of drug-likeness (QED) is 0.694. The molecule has 0 saturated carbocycles. The molecule has 0 saturated heterocycles. The van der Waals surface area contributed by atoms with Crippen LogP contribution >= 0.6 is 0 Å². The minimum Gasteiger partial charge on any atom is -0.481 e. The van der Waals surface area contributed by atoms with E-state index in [9.17, 15) is 9.59 Å². The van der Waals surface area contributed by atoms with E-state index in [2.05, 4.69) is 15.7 Å². The maximum absolute atomic E-state index is 11.6. The number of amides is 2. The lowest BCUT2D eigenvalue weighted by Crippen LogP contribution is -2.37. The largest absolute Gasteiger partial charge is 0.481 e. The van der Waals surface area contributed by atoms with Gasteiger partial charge in [0.05, 0.1) is 24.4 Å². The Morgan fingerprint density at radius 2 is 2.20 bits per heavy atom. The fraction of sp³-hybridized carbons (Fsp3) is 0.583. The number of nitrogens with zero attached hydrogens (tertiary/aromatic N) is 2. The van der Waals surface area contributed by atoms with Gasteiger partial charge in [0.1, 0.15) is 0 Å². The lowest BCUT2D eigenvalue weighted by atomic mass is 10.2. The molecule has 0 aliphatic rings. The summed E-state index contributed by atoms with van der Waals surface area (Å²) >= 11 is 0. The number of hydrogen-bond acceptors (Lipinski definition) is 4. The molecular weight excluding hydrogens is 264 g/mol. The fourth-order valence-corrected chi connectivity index (χ4v) is 1.50. The maximum atomic E-state index is 11.6. The Kier molecular flexibility index (Phi) is 5.98. The maximum Gasteiger partial charge on any atom is 0.319 e. The zero-order chi connectivity index (χ0) is 15.1. The average molecular weight is 284 g/mol. The van der Waals surface area contributed by atoms with E-state index in [0.717, 1.165) is 0 Å². The number of aliphatic carboxylic acids is 1. The van der Waals surface area contributed by atoms with Gasteiger partial charge in [-0.05, 0) is 13.8 Å². The molecule has 1 aromatic rings. The van der Waals surface area contributed by atoms with Gasteiger partial charge in [-0.3, -0.25) is 9.48 Å². The van der Waals surface area contributed by atoms with Crippen LogP contribution in [0, 0.1) is 0 Å². The molecule has 0 aromatic carbocycles. The molecule has 0 bridgehead atoms. The Labute approximate surface area is 117 Å². The van der Waals surface area contributed by atoms with E-state index < -0.39 is 18.1 Å². The molecule has 0 aliphatic carbocycles. The fourth-order valence-electron chi connectivity index (χ4n) is 1.50. The van der Waals surface area contributed by atoms with Gasteiger partial charge >= 0.3 is 12.0 Å². The van der Waals surface area contributed by atoms with Gasteiger partial charge in [-0.15, -0.1) is 0 Å². The van der Waals surface area contributed by atoms with Crippen LogP contribution in [-0.4, -0.2) is 46.6 Å². The van der Waals surface area contributed by atoms with Crippen molar-refractivity contribution in [3.05, 3.63) is 12.4 Å². The van der Waals surface area contributed by atoms with Gasteiger partial charge in [0.25, 0.3) is 0 Å². The van der Waals surface area contributed by atoms with Gasteiger partial charge in [0.15, 0.2) is 0 Å². The number of methoxy groups -OCH3 is 1. The number of anilines is 1. The first kappa shape index (κ1) is 16.0. The molecule has 2 amide bonds. The Morgan fingerprint density at radius 1 is 1.50 bits per heavy atom. The van der Waals surface area contributed by atoms with Crippen LogP contribution in [-0.2, 0) is 9.53 Å². The number of carbonyl (C=O) groups is 2. The smallest absolute Gasteiger partial charge is 0.319 e. The third kappa shape index (κ3) is 5.27. The summed E-state index contributed by atoms with van der Waals surface area (Å²) in [5.74, 6) is -0.975. The molecule has 0 aliphatic heterocycles. The van der Waals surface area contributed by atoms with Crippen LogP contribution in [0.25, 0.3) is 0 Å². The number of carboxylic acid groups (broad SMARTS) is 1. The third-order valence-electron chi connectivity index (χ3n) is 2.61. The van der Waals surface area contributed by atoms with Crippen molar-refractivity contribution in [2.75, 3.05) is 19.0 Å². The highest BCUT2D eigenvalue weighted by Gasteiger charge is 2.13. The van der Waals surface area contributed by atoms with Gasteiger partial charge in [-0.2, -0.15) is 5.10 Å². The predicted molar refractivity (Wildman–Crippen MR) is 72.7 cm³/mol. The highest BCUT2D eigenvalue weighted by Crippen LogP contribution is 2.09. The van der Waals surface area contributed by atoms with Crippen LogP contribution in [0.3, 0.4) is 0 Å². The van der Waals surface area contributed by atoms with E-state index in [0.29, 0.717) is 5.69 Å². The lowest BCUT2D eigenvalue weighted by Gasteiger charge is -2.14. The Bertz CT molecular complexity index is 458. The van der Waals surface area contributed by atoms with Crippen molar-refractivity contribution in [1.29, 1.82) is 0 Å². The number of rotatable bonds is 7. The van der Waals surface area contributed by atoms with E-state index in [4.69, 9.17) is 9.84 Å². The summed E-state index contributed by atoms with van der Waals surface area (Å²) in [5.41, 5.74) is 0.573. The number of urea groups is 1. The first-order chi connectivity index (χ1) is 9.42. The summed E-state index contributed by atoms with van der Waals surface area (Å²) in [6.45, 7) is 4.07. The van der Waals surface area contributed by atoms with Crippen LogP contribution in [0.1, 0.15) is 26.3 Å². The van der Waals surface area contributed by atoms with Crippen molar-refractivity contribution >= 4 is 17.7 Å². The second-order valence-corrected chi connectivity index (χ2v) is 4.59. The first-order valence-electron chi connectivity index (χ1n) is 6.26. The van der Waals surface area contributed by atoms with Gasteiger partial charge in [-0.1, -0.05) is 0 Å². The monoisotopic (exact) mass is 284 g/mol. The predicted octanol–water partition coefficient (Wildman–Crippen LogP) is 1.08. The zero-order valence-electron chi connectivity index (χ0n) is 11.8. The second kappa shape index (κ2) is 7.49. The molecule has 1 rings (SSSR count). The Morgan fingerprint density at radius 3 is 2.70 bits per heavy atom. The Hall–Kier alpha value is -2.09. The number of ether oxygens (including phenoxy) is 1. The second-order valence-electron chi connectivity index (χ2n) is 4.59. The summed E-state index contributed by atoms with van der Waals surface area (Å²) < 4.78 is 6.68. The SMILES string of the molecule is COC(CNC(=O)Nc1cnn(C(C)C)c1)CC(=O)O. The summed E-state index contributed by atoms with van der Waals surface area (Å²) in [5, 5.41) is 17.9. The van der Waals surface area contributed by atoms with Crippen molar-refractivity contribution in [2.24, 2.45) is 0 Å². The molecule has 8 nitrogen and oxygen atoms in total. The molecule has 1 heterocycles. The zero-order valence-corrected chi connectivity index (χ0v) is 11.8. The average Bonchev–Trinajstić information content (AvgIpc) is 2.82. The number of carbonyl (C=O) groups excluding carboxylic acids is 1. The molecule has 0 spiro atoms. The van der Waals surface area contributed by atoms with E-state index in [1.54, 1.807) is 17.1 Å². The third-order valence-corrected chi connectivity index (χ3v) is 2.61. The highest BCUT2D eigenvalue weighted by molar-refractivity contribution is 5.88. The van der Waals surface area contributed by atoms with Gasteiger partial charge in [-0.25, -0.2) is 4.79 Å². The van der Waals surface area contributed by atoms with E-state index in [-0.39, 0.29) is 19.0 Å². The lowest BCUT2D eigenvalue weighted by molar-refractivity contribution is -0.139. The molecule has 0 radical (unpaired) electrons. The molecule has 8 heteroatoms. The van der Waals surface area contributed by atoms with E-state index in [1.165, 1.54) is 7.11 Å². The molecule has 1 unspecified atom stereocenters. The van der Waals surface area contributed by atoms with Crippen molar-refractivity contribution in [3.8, 4) is 0 Å². The van der Waals surface area contributed by atoms with Crippen molar-refractivity contribution in [1.82, 2.24) is 15.1 Å². The number of aromatic nitrogens is 2. The minimum absolute atomic E-state index is 0.118. The summed E-state index contributed by atoms with van der Waals surface area (Å²) in [4.78, 5) is 22.2. The molecular formula is C12H20N4O4. The molecule has 3 N–H and O–H groups in total. The molecule has 1 aromatic heterocycles. The van der Waals surface area contributed by atoms with Crippen molar-refractivity contribution in [3.63, 3.8) is 0 Å². The number of nitrogens with one attached hydrogen (secondary N) is 2. The van der Waals surface area contributed by atoms with Crippen LogP contribution in [0.4, 0.5) is 10.5 Å². The first-order valence-corrected chi connectivity index (χ1v) is 6.26. The number of hydrogen-bond donors (Lipinski definition) is 3. The molecule has 112 valence electrons. The molecule has 20 heavy (non-hydrogen) atoms. The Balaban J connectivity index is 2.40. The summed E-state index contributed by atoms with van der Waals surface area (Å²) in [7, 11) is 1.40. The molecule has 0 fully saturated rings. The van der Waals surface area contributed by atoms with E-state index in [1.807, 2.05) is 13.8 Å². The van der Waals surface area contributed by atoms with E-state index >= 15 is 0 Å². The van der Waals surface area contributed by atoms with Crippen LogP contribution in [0.15, 0.2) is 12.4 Å². The van der Waals surface area contributed by atoms with Crippen LogP contribution in [0.5, 0.6) is 0 Å². The van der Waals surface area contributed by atoms with Crippen LogP contribution in [0.2, 0.25) is 0 Å². The van der Waals surface area contributed by atoms with Crippen molar-refractivity contribution in [2.45, 2.75) is 32.4 Å². The normalized spacial score (nSPS) is 12.2. The van der Waals surface area contributed by atoms with Crippen molar-refractivity contribution < 1.29 is 19.4 Å². The highest BCUT2D eigenvalue weighted by atomic mass is 16.5.